The summed E-state index contributed by atoms with van der Waals surface area (Å²) in [5, 5.41) is 15.5. The van der Waals surface area contributed by atoms with Gasteiger partial charge in [-0.3, -0.25) is 0 Å². The van der Waals surface area contributed by atoms with Gasteiger partial charge in [0.25, 0.3) is 0 Å². The van der Waals surface area contributed by atoms with Gasteiger partial charge in [0.1, 0.15) is 23.2 Å². The molecule has 5 nitrogen and oxygen atoms in total. The number of urea groups is 1. The van der Waals surface area contributed by atoms with Crippen LogP contribution in [0.5, 0.6) is 5.75 Å². The molecular formula is C19H17BrN2O3. The van der Waals surface area contributed by atoms with Crippen molar-refractivity contribution < 1.29 is 14.6 Å². The zero-order chi connectivity index (χ0) is 17.7. The van der Waals surface area contributed by atoms with Gasteiger partial charge in [-0.15, -0.1) is 0 Å². The molecule has 2 amide bonds. The van der Waals surface area contributed by atoms with Crippen molar-refractivity contribution in [3.63, 3.8) is 0 Å². The van der Waals surface area contributed by atoms with E-state index in [0.29, 0.717) is 17.9 Å². The highest BCUT2D eigenvalue weighted by atomic mass is 79.9. The summed E-state index contributed by atoms with van der Waals surface area (Å²) in [6, 6.07) is 15.2. The lowest BCUT2D eigenvalue weighted by atomic mass is 9.73. The van der Waals surface area contributed by atoms with Gasteiger partial charge in [-0.1, -0.05) is 46.3 Å². The molecule has 2 aromatic rings. The second-order valence-corrected chi connectivity index (χ2v) is 7.46. The standard InChI is InChI=1S/C19H17BrN2O3/c1-18(12-5-3-2-4-6-12)11-19(16(10-23)21-17(24)22-19)14-9-13(20)7-8-15(14)25-18/h2-10,23H,11H2,1H3,(H2,21,22,24)/b16-10+. The fourth-order valence-electron chi connectivity index (χ4n) is 3.77. The van der Waals surface area contributed by atoms with Gasteiger partial charge in [-0.25, -0.2) is 4.79 Å². The van der Waals surface area contributed by atoms with Crippen molar-refractivity contribution in [1.82, 2.24) is 10.6 Å². The van der Waals surface area contributed by atoms with Gasteiger partial charge >= 0.3 is 6.03 Å². The zero-order valence-electron chi connectivity index (χ0n) is 13.5. The first-order valence-corrected chi connectivity index (χ1v) is 8.75. The minimum Gasteiger partial charge on any atom is -0.514 e. The summed E-state index contributed by atoms with van der Waals surface area (Å²) < 4.78 is 7.24. The van der Waals surface area contributed by atoms with Crippen molar-refractivity contribution in [3.05, 3.63) is 76.1 Å². The third-order valence-electron chi connectivity index (χ3n) is 4.89. The number of rotatable bonds is 1. The fraction of sp³-hybridized carbons (Fsp3) is 0.211. The second kappa shape index (κ2) is 5.52. The molecule has 0 saturated carbocycles. The average molecular weight is 401 g/mol. The predicted octanol–water partition coefficient (Wildman–Crippen LogP) is 4.05. The fourth-order valence-corrected chi connectivity index (χ4v) is 4.13. The summed E-state index contributed by atoms with van der Waals surface area (Å²) in [6.07, 6.45) is 1.40. The van der Waals surface area contributed by atoms with Gasteiger partial charge in [0.05, 0.1) is 5.70 Å². The summed E-state index contributed by atoms with van der Waals surface area (Å²) in [6.45, 7) is 1.99. The van der Waals surface area contributed by atoms with Crippen molar-refractivity contribution in [3.8, 4) is 5.75 Å². The smallest absolute Gasteiger partial charge is 0.320 e. The highest BCUT2D eigenvalue weighted by Crippen LogP contribution is 2.52. The van der Waals surface area contributed by atoms with E-state index < -0.39 is 11.1 Å². The molecular weight excluding hydrogens is 384 g/mol. The highest BCUT2D eigenvalue weighted by Gasteiger charge is 2.54. The minimum atomic E-state index is -0.881. The van der Waals surface area contributed by atoms with E-state index in [1.54, 1.807) is 0 Å². The SMILES string of the molecule is CC1(c2ccccc2)CC2(NC(=O)N/C2=C/O)c2cc(Br)ccc2O1. The lowest BCUT2D eigenvalue weighted by Gasteiger charge is -2.45. The molecule has 0 aliphatic carbocycles. The summed E-state index contributed by atoms with van der Waals surface area (Å²) in [7, 11) is 0. The topological polar surface area (TPSA) is 70.6 Å². The average Bonchev–Trinajstić information content (AvgIpc) is 2.92. The Labute approximate surface area is 153 Å². The second-order valence-electron chi connectivity index (χ2n) is 6.54. The number of aliphatic hydroxyl groups is 1. The van der Waals surface area contributed by atoms with E-state index in [0.717, 1.165) is 21.9 Å². The van der Waals surface area contributed by atoms with E-state index in [-0.39, 0.29) is 6.03 Å². The molecule has 3 N–H and O–H groups in total. The van der Waals surface area contributed by atoms with E-state index in [2.05, 4.69) is 26.6 Å². The number of carbonyl (C=O) groups excluding carboxylic acids is 1. The van der Waals surface area contributed by atoms with Crippen LogP contribution in [0.4, 0.5) is 4.79 Å². The molecule has 2 heterocycles. The molecule has 6 heteroatoms. The summed E-state index contributed by atoms with van der Waals surface area (Å²) in [4.78, 5) is 12.1. The molecule has 128 valence electrons. The number of carbonyl (C=O) groups is 1. The maximum Gasteiger partial charge on any atom is 0.320 e. The Morgan fingerprint density at radius 2 is 2.00 bits per heavy atom. The first-order chi connectivity index (χ1) is 12.0. The Balaban J connectivity index is 1.94. The number of fused-ring (bicyclic) bond motifs is 2. The number of hydrogen-bond acceptors (Lipinski definition) is 3. The van der Waals surface area contributed by atoms with E-state index in [1.807, 2.05) is 55.5 Å². The lowest BCUT2D eigenvalue weighted by Crippen LogP contribution is -2.50. The van der Waals surface area contributed by atoms with Crippen molar-refractivity contribution in [1.29, 1.82) is 0 Å². The maximum absolute atomic E-state index is 12.1. The van der Waals surface area contributed by atoms with E-state index in [4.69, 9.17) is 4.74 Å². The molecule has 2 aliphatic rings. The molecule has 1 spiro atoms. The molecule has 0 radical (unpaired) electrons. The van der Waals surface area contributed by atoms with Gasteiger partial charge in [-0.05, 0) is 30.7 Å². The normalized spacial score (nSPS) is 29.0. The summed E-state index contributed by atoms with van der Waals surface area (Å²) in [5.41, 5.74) is 0.668. The van der Waals surface area contributed by atoms with Crippen LogP contribution in [0.1, 0.15) is 24.5 Å². The number of amides is 2. The molecule has 0 aromatic heterocycles. The molecule has 25 heavy (non-hydrogen) atoms. The van der Waals surface area contributed by atoms with Crippen molar-refractivity contribution >= 4 is 22.0 Å². The Kier molecular flexibility index (Phi) is 3.54. The number of benzene rings is 2. The summed E-state index contributed by atoms with van der Waals surface area (Å²) >= 11 is 3.48. The first kappa shape index (κ1) is 16.0. The highest BCUT2D eigenvalue weighted by molar-refractivity contribution is 9.10. The third kappa shape index (κ3) is 2.40. The summed E-state index contributed by atoms with van der Waals surface area (Å²) in [5.74, 6) is 0.671. The number of hydrogen-bond donors (Lipinski definition) is 3. The number of ether oxygens (including phenoxy) is 1. The molecule has 2 unspecified atom stereocenters. The van der Waals surface area contributed by atoms with Crippen LogP contribution in [0.3, 0.4) is 0 Å². The molecule has 4 rings (SSSR count). The van der Waals surface area contributed by atoms with E-state index in [9.17, 15) is 9.90 Å². The Hall–Kier alpha value is -2.47. The Morgan fingerprint density at radius 1 is 1.24 bits per heavy atom. The van der Waals surface area contributed by atoms with Gasteiger partial charge in [-0.2, -0.15) is 0 Å². The first-order valence-electron chi connectivity index (χ1n) is 7.95. The van der Waals surface area contributed by atoms with Crippen molar-refractivity contribution in [2.75, 3.05) is 0 Å². The largest absolute Gasteiger partial charge is 0.514 e. The molecule has 0 bridgehead atoms. The molecule has 1 saturated heterocycles. The van der Waals surface area contributed by atoms with Crippen LogP contribution in [0.15, 0.2) is 65.0 Å². The Bertz CT molecular complexity index is 883. The molecule has 2 atom stereocenters. The van der Waals surface area contributed by atoms with Crippen LogP contribution in [-0.4, -0.2) is 11.1 Å². The predicted molar refractivity (Wildman–Crippen MR) is 97.2 cm³/mol. The van der Waals surface area contributed by atoms with E-state index >= 15 is 0 Å². The van der Waals surface area contributed by atoms with Crippen LogP contribution in [0.25, 0.3) is 0 Å². The van der Waals surface area contributed by atoms with Crippen LogP contribution in [0, 0.1) is 0 Å². The van der Waals surface area contributed by atoms with Gasteiger partial charge in [0, 0.05) is 16.5 Å². The maximum atomic E-state index is 12.1. The molecule has 2 aromatic carbocycles. The monoisotopic (exact) mass is 400 g/mol. The quantitative estimate of drug-likeness (QED) is 0.632. The van der Waals surface area contributed by atoms with Crippen LogP contribution >= 0.6 is 15.9 Å². The van der Waals surface area contributed by atoms with E-state index in [1.165, 1.54) is 0 Å². The minimum absolute atomic E-state index is 0.344. The zero-order valence-corrected chi connectivity index (χ0v) is 15.1. The number of nitrogens with one attached hydrogen (secondary N) is 2. The molecule has 1 fully saturated rings. The Morgan fingerprint density at radius 3 is 2.72 bits per heavy atom. The third-order valence-corrected chi connectivity index (χ3v) is 5.38. The number of halogens is 1. The number of aliphatic hydroxyl groups excluding tert-OH is 1. The lowest BCUT2D eigenvalue weighted by molar-refractivity contribution is 0.0290. The van der Waals surface area contributed by atoms with Gasteiger partial charge in [0.15, 0.2) is 0 Å². The van der Waals surface area contributed by atoms with Crippen LogP contribution in [-0.2, 0) is 11.1 Å². The van der Waals surface area contributed by atoms with Gasteiger partial charge < -0.3 is 20.5 Å². The van der Waals surface area contributed by atoms with Crippen molar-refractivity contribution in [2.24, 2.45) is 0 Å². The van der Waals surface area contributed by atoms with Crippen LogP contribution < -0.4 is 15.4 Å². The van der Waals surface area contributed by atoms with Crippen LogP contribution in [0.2, 0.25) is 0 Å². The van der Waals surface area contributed by atoms with Crippen molar-refractivity contribution in [2.45, 2.75) is 24.5 Å². The molecule has 2 aliphatic heterocycles. The van der Waals surface area contributed by atoms with Gasteiger partial charge in [0.2, 0.25) is 0 Å².